The van der Waals surface area contributed by atoms with Crippen molar-refractivity contribution in [2.24, 2.45) is 0 Å². The number of ether oxygens (including phenoxy) is 1. The molecule has 0 aliphatic heterocycles. The number of para-hydroxylation sites is 1. The van der Waals surface area contributed by atoms with Gasteiger partial charge in [-0.2, -0.15) is 11.3 Å². The topological polar surface area (TPSA) is 84.5 Å². The first kappa shape index (κ1) is 18.7. The van der Waals surface area contributed by atoms with E-state index in [1.807, 2.05) is 20.8 Å². The molecule has 1 aromatic carbocycles. The molecule has 0 atom stereocenters. The standard InChI is InChI=1S/C18H20N2O4S/c1-18(2,3)20-15(21)10-24-17(23)13-6-4-5-7-14(13)19-16(22)12-8-9-25-11-12/h4-9,11H,10H2,1-3H3,(H,19,22)(H,20,21). The van der Waals surface area contributed by atoms with Crippen LogP contribution >= 0.6 is 11.3 Å². The highest BCUT2D eigenvalue weighted by atomic mass is 32.1. The van der Waals surface area contributed by atoms with Gasteiger partial charge >= 0.3 is 5.97 Å². The molecule has 1 heterocycles. The number of benzene rings is 1. The highest BCUT2D eigenvalue weighted by Gasteiger charge is 2.18. The lowest BCUT2D eigenvalue weighted by Crippen LogP contribution is -2.42. The summed E-state index contributed by atoms with van der Waals surface area (Å²) in [5.74, 6) is -1.38. The second-order valence-corrected chi connectivity index (χ2v) is 7.17. The molecule has 0 bridgehead atoms. The van der Waals surface area contributed by atoms with Gasteiger partial charge in [0.1, 0.15) is 0 Å². The first-order valence-corrected chi connectivity index (χ1v) is 8.61. The largest absolute Gasteiger partial charge is 0.452 e. The molecule has 0 aliphatic rings. The van der Waals surface area contributed by atoms with Gasteiger partial charge < -0.3 is 15.4 Å². The van der Waals surface area contributed by atoms with Crippen molar-refractivity contribution in [2.45, 2.75) is 26.3 Å². The lowest BCUT2D eigenvalue weighted by Gasteiger charge is -2.20. The first-order chi connectivity index (χ1) is 11.8. The number of thiophene rings is 1. The van der Waals surface area contributed by atoms with Crippen molar-refractivity contribution in [3.63, 3.8) is 0 Å². The minimum Gasteiger partial charge on any atom is -0.452 e. The number of amides is 2. The number of anilines is 1. The Balaban J connectivity index is 2.03. The second-order valence-electron chi connectivity index (χ2n) is 6.39. The van der Waals surface area contributed by atoms with E-state index in [-0.39, 0.29) is 24.0 Å². The van der Waals surface area contributed by atoms with Gasteiger partial charge in [0, 0.05) is 10.9 Å². The van der Waals surface area contributed by atoms with E-state index >= 15 is 0 Å². The van der Waals surface area contributed by atoms with Crippen molar-refractivity contribution < 1.29 is 19.1 Å². The van der Waals surface area contributed by atoms with Crippen LogP contribution in [0, 0.1) is 0 Å². The van der Waals surface area contributed by atoms with Crippen LogP contribution in [0.4, 0.5) is 5.69 Å². The summed E-state index contributed by atoms with van der Waals surface area (Å²) < 4.78 is 5.05. The van der Waals surface area contributed by atoms with E-state index in [2.05, 4.69) is 10.6 Å². The summed E-state index contributed by atoms with van der Waals surface area (Å²) in [5, 5.41) is 8.90. The maximum absolute atomic E-state index is 12.3. The number of nitrogens with one attached hydrogen (secondary N) is 2. The van der Waals surface area contributed by atoms with E-state index in [0.717, 1.165) is 0 Å². The molecule has 6 nitrogen and oxygen atoms in total. The molecule has 2 N–H and O–H groups in total. The number of carbonyl (C=O) groups is 3. The maximum Gasteiger partial charge on any atom is 0.340 e. The molecular weight excluding hydrogens is 340 g/mol. The molecule has 0 unspecified atom stereocenters. The van der Waals surface area contributed by atoms with Crippen molar-refractivity contribution in [3.8, 4) is 0 Å². The predicted molar refractivity (Wildman–Crippen MR) is 96.9 cm³/mol. The number of esters is 1. The molecule has 7 heteroatoms. The highest BCUT2D eigenvalue weighted by molar-refractivity contribution is 7.08. The van der Waals surface area contributed by atoms with Gasteiger partial charge in [0.25, 0.3) is 11.8 Å². The van der Waals surface area contributed by atoms with Crippen LogP contribution < -0.4 is 10.6 Å². The van der Waals surface area contributed by atoms with Crippen LogP contribution in [0.15, 0.2) is 41.1 Å². The Kier molecular flexibility index (Phi) is 5.93. The van der Waals surface area contributed by atoms with Crippen molar-refractivity contribution in [2.75, 3.05) is 11.9 Å². The Bertz CT molecular complexity index is 764. The van der Waals surface area contributed by atoms with Crippen LogP contribution in [0.3, 0.4) is 0 Å². The molecule has 0 aliphatic carbocycles. The highest BCUT2D eigenvalue weighted by Crippen LogP contribution is 2.18. The number of hydrogen-bond acceptors (Lipinski definition) is 5. The lowest BCUT2D eigenvalue weighted by atomic mass is 10.1. The first-order valence-electron chi connectivity index (χ1n) is 7.67. The third-order valence-corrected chi connectivity index (χ3v) is 3.71. The average Bonchev–Trinajstić information content (AvgIpc) is 3.06. The molecule has 2 amide bonds. The van der Waals surface area contributed by atoms with Gasteiger partial charge in [-0.05, 0) is 44.4 Å². The van der Waals surface area contributed by atoms with Crippen molar-refractivity contribution >= 4 is 34.8 Å². The van der Waals surface area contributed by atoms with Gasteiger partial charge in [-0.15, -0.1) is 0 Å². The molecule has 0 fully saturated rings. The minimum atomic E-state index is -0.676. The smallest absolute Gasteiger partial charge is 0.340 e. The third-order valence-electron chi connectivity index (χ3n) is 3.03. The number of carbonyl (C=O) groups excluding carboxylic acids is 3. The maximum atomic E-state index is 12.3. The van der Waals surface area contributed by atoms with Gasteiger partial charge in [0.15, 0.2) is 6.61 Å². The SMILES string of the molecule is CC(C)(C)NC(=O)COC(=O)c1ccccc1NC(=O)c1ccsc1. The molecule has 2 aromatic rings. The molecule has 132 valence electrons. The van der Waals surface area contributed by atoms with Crippen LogP contribution in [0.5, 0.6) is 0 Å². The molecule has 25 heavy (non-hydrogen) atoms. The Morgan fingerprint density at radius 2 is 1.84 bits per heavy atom. The molecule has 1 aromatic heterocycles. The Labute approximate surface area is 150 Å². The van der Waals surface area contributed by atoms with Crippen LogP contribution in [-0.2, 0) is 9.53 Å². The van der Waals surface area contributed by atoms with Gasteiger partial charge in [-0.25, -0.2) is 4.79 Å². The average molecular weight is 360 g/mol. The summed E-state index contributed by atoms with van der Waals surface area (Å²) in [7, 11) is 0. The van der Waals surface area contributed by atoms with Gasteiger partial charge in [-0.3, -0.25) is 9.59 Å². The van der Waals surface area contributed by atoms with E-state index in [1.165, 1.54) is 17.4 Å². The summed E-state index contributed by atoms with van der Waals surface area (Å²) in [6.07, 6.45) is 0. The van der Waals surface area contributed by atoms with E-state index in [0.29, 0.717) is 11.3 Å². The molecular formula is C18H20N2O4S. The molecule has 0 radical (unpaired) electrons. The Morgan fingerprint density at radius 1 is 1.12 bits per heavy atom. The number of rotatable bonds is 5. The lowest BCUT2D eigenvalue weighted by molar-refractivity contribution is -0.125. The van der Waals surface area contributed by atoms with Gasteiger partial charge in [0.05, 0.1) is 16.8 Å². The van der Waals surface area contributed by atoms with Crippen LogP contribution in [0.1, 0.15) is 41.5 Å². The van der Waals surface area contributed by atoms with E-state index in [4.69, 9.17) is 4.74 Å². The molecule has 2 rings (SSSR count). The fourth-order valence-corrected chi connectivity index (χ4v) is 2.66. The Hall–Kier alpha value is -2.67. The second kappa shape index (κ2) is 7.94. The minimum absolute atomic E-state index is 0.189. The zero-order valence-corrected chi connectivity index (χ0v) is 15.1. The van der Waals surface area contributed by atoms with E-state index < -0.39 is 11.5 Å². The fourth-order valence-electron chi connectivity index (χ4n) is 2.02. The molecule has 0 saturated carbocycles. The van der Waals surface area contributed by atoms with Crippen LogP contribution in [0.25, 0.3) is 0 Å². The summed E-state index contributed by atoms with van der Waals surface area (Å²) in [5.41, 5.74) is 0.628. The summed E-state index contributed by atoms with van der Waals surface area (Å²) >= 11 is 1.41. The van der Waals surface area contributed by atoms with Crippen molar-refractivity contribution in [1.82, 2.24) is 5.32 Å². The van der Waals surface area contributed by atoms with Crippen molar-refractivity contribution in [3.05, 3.63) is 52.2 Å². The summed E-state index contributed by atoms with van der Waals surface area (Å²) in [6, 6.07) is 8.19. The predicted octanol–water partition coefficient (Wildman–Crippen LogP) is 3.07. The fraction of sp³-hybridized carbons (Fsp3) is 0.278. The van der Waals surface area contributed by atoms with Crippen LogP contribution in [-0.4, -0.2) is 29.9 Å². The third kappa shape index (κ3) is 5.72. The monoisotopic (exact) mass is 360 g/mol. The normalized spacial score (nSPS) is 10.8. The number of hydrogen-bond donors (Lipinski definition) is 2. The quantitative estimate of drug-likeness (QED) is 0.803. The van der Waals surface area contributed by atoms with Crippen LogP contribution in [0.2, 0.25) is 0 Å². The van der Waals surface area contributed by atoms with Crippen molar-refractivity contribution in [1.29, 1.82) is 0 Å². The molecule has 0 saturated heterocycles. The van der Waals surface area contributed by atoms with Gasteiger partial charge in [0.2, 0.25) is 0 Å². The zero-order chi connectivity index (χ0) is 18.4. The molecule has 0 spiro atoms. The summed E-state index contributed by atoms with van der Waals surface area (Å²) in [6.45, 7) is 5.12. The Morgan fingerprint density at radius 3 is 2.48 bits per heavy atom. The van der Waals surface area contributed by atoms with E-state index in [1.54, 1.807) is 35.0 Å². The summed E-state index contributed by atoms with van der Waals surface area (Å²) in [4.78, 5) is 36.2. The van der Waals surface area contributed by atoms with E-state index in [9.17, 15) is 14.4 Å². The van der Waals surface area contributed by atoms with Gasteiger partial charge in [-0.1, -0.05) is 12.1 Å². The zero-order valence-electron chi connectivity index (χ0n) is 14.3.